The van der Waals surface area contributed by atoms with Gasteiger partial charge in [-0.2, -0.15) is 13.8 Å². The van der Waals surface area contributed by atoms with E-state index in [0.717, 1.165) is 26.7 Å². The van der Waals surface area contributed by atoms with Crippen molar-refractivity contribution in [2.75, 3.05) is 18.0 Å². The number of hydrogen-bond acceptors (Lipinski definition) is 9. The van der Waals surface area contributed by atoms with Gasteiger partial charge in [0.25, 0.3) is 6.01 Å². The molecule has 0 radical (unpaired) electrons. The monoisotopic (exact) mass is 536 g/mol. The normalized spacial score (nSPS) is 20.5. The molecule has 2 aliphatic heterocycles. The molecule has 2 aliphatic rings. The second-order valence-electron chi connectivity index (χ2n) is 11.0. The SMILES string of the molecule is CC(C)(C)OC(=O)N1C2CCC1CN(c1nc3c(-c4nccs4)ccc(OC(F)(F)C(C)(C)O)c3o1)C2. The molecule has 4 heterocycles. The molecule has 2 atom stereocenters. The molecule has 5 rings (SSSR count). The molecule has 2 fully saturated rings. The molecule has 1 aromatic carbocycles. The van der Waals surface area contributed by atoms with Crippen LogP contribution in [0, 0.1) is 0 Å². The molecule has 3 aromatic rings. The summed E-state index contributed by atoms with van der Waals surface area (Å²) in [7, 11) is 0. The van der Waals surface area contributed by atoms with Crippen LogP contribution in [0.4, 0.5) is 19.6 Å². The molecule has 2 bridgehead atoms. The lowest BCUT2D eigenvalue weighted by atomic mass is 10.1. The van der Waals surface area contributed by atoms with Crippen molar-refractivity contribution < 1.29 is 32.6 Å². The molecule has 9 nitrogen and oxygen atoms in total. The number of piperazine rings is 1. The maximum atomic E-state index is 14.6. The second-order valence-corrected chi connectivity index (χ2v) is 11.9. The molecule has 37 heavy (non-hydrogen) atoms. The number of anilines is 1. The average Bonchev–Trinajstić information content (AvgIpc) is 3.50. The van der Waals surface area contributed by atoms with E-state index in [4.69, 9.17) is 13.9 Å². The first-order valence-electron chi connectivity index (χ1n) is 12.1. The summed E-state index contributed by atoms with van der Waals surface area (Å²) in [5.41, 5.74) is -2.03. The van der Waals surface area contributed by atoms with Crippen LogP contribution in [0.2, 0.25) is 0 Å². The zero-order valence-corrected chi connectivity index (χ0v) is 22.1. The standard InChI is InChI=1S/C25H30F2N4O5S/c1-23(2,3)36-22(32)31-14-6-7-15(31)13-30(12-14)21-29-18-16(20-28-10-11-37-20)8-9-17(19(18)34-21)35-25(26,27)24(4,5)33/h8-11,14-15,33H,6-7,12-13H2,1-5H3. The van der Waals surface area contributed by atoms with E-state index in [-0.39, 0.29) is 35.5 Å². The fraction of sp³-hybridized carbons (Fsp3) is 0.560. The van der Waals surface area contributed by atoms with Crippen molar-refractivity contribution in [3.8, 4) is 16.3 Å². The molecule has 1 amide bonds. The Labute approximate surface area is 217 Å². The highest BCUT2D eigenvalue weighted by Crippen LogP contribution is 2.42. The fourth-order valence-electron chi connectivity index (χ4n) is 4.65. The van der Waals surface area contributed by atoms with Gasteiger partial charge >= 0.3 is 12.2 Å². The van der Waals surface area contributed by atoms with E-state index in [9.17, 15) is 18.7 Å². The maximum Gasteiger partial charge on any atom is 0.426 e. The Morgan fingerprint density at radius 2 is 1.84 bits per heavy atom. The molecule has 2 unspecified atom stereocenters. The smallest absolute Gasteiger partial charge is 0.426 e. The lowest BCUT2D eigenvalue weighted by Crippen LogP contribution is -2.56. The Kier molecular flexibility index (Phi) is 6.10. The van der Waals surface area contributed by atoms with Crippen LogP contribution in [0.15, 0.2) is 28.1 Å². The van der Waals surface area contributed by atoms with Gasteiger partial charge in [0.15, 0.2) is 16.9 Å². The van der Waals surface area contributed by atoms with Gasteiger partial charge in [-0.05, 0) is 59.6 Å². The number of alkyl halides is 2. The third kappa shape index (κ3) is 4.84. The molecule has 0 aliphatic carbocycles. The minimum Gasteiger partial charge on any atom is -0.444 e. The number of aromatic nitrogens is 2. The van der Waals surface area contributed by atoms with Crippen LogP contribution in [0.5, 0.6) is 5.75 Å². The van der Waals surface area contributed by atoms with Crippen LogP contribution in [-0.2, 0) is 4.74 Å². The zero-order chi connectivity index (χ0) is 26.8. The number of amides is 1. The third-order valence-electron chi connectivity index (χ3n) is 6.47. The van der Waals surface area contributed by atoms with Crippen molar-refractivity contribution in [1.29, 1.82) is 0 Å². The lowest BCUT2D eigenvalue weighted by Gasteiger charge is -2.40. The van der Waals surface area contributed by atoms with Crippen LogP contribution in [0.3, 0.4) is 0 Å². The summed E-state index contributed by atoms with van der Waals surface area (Å²) in [6.45, 7) is 8.38. The quantitative estimate of drug-likeness (QED) is 0.470. The predicted octanol–water partition coefficient (Wildman–Crippen LogP) is 5.28. The molecule has 2 aromatic heterocycles. The number of benzene rings is 1. The summed E-state index contributed by atoms with van der Waals surface area (Å²) in [5, 5.41) is 12.4. The molecule has 12 heteroatoms. The van der Waals surface area contributed by atoms with Crippen molar-refractivity contribution in [2.24, 2.45) is 0 Å². The van der Waals surface area contributed by atoms with Crippen LogP contribution in [0.1, 0.15) is 47.5 Å². The van der Waals surface area contributed by atoms with E-state index in [2.05, 4.69) is 9.97 Å². The van der Waals surface area contributed by atoms with Gasteiger partial charge in [-0.25, -0.2) is 9.78 Å². The molecular weight excluding hydrogens is 506 g/mol. The zero-order valence-electron chi connectivity index (χ0n) is 21.3. The number of aliphatic hydroxyl groups is 1. The van der Waals surface area contributed by atoms with E-state index in [1.54, 1.807) is 17.2 Å². The van der Waals surface area contributed by atoms with E-state index in [0.29, 0.717) is 29.2 Å². The van der Waals surface area contributed by atoms with E-state index in [1.807, 2.05) is 31.1 Å². The number of halogens is 2. The van der Waals surface area contributed by atoms with Gasteiger partial charge in [0.05, 0.1) is 12.1 Å². The molecule has 2 saturated heterocycles. The summed E-state index contributed by atoms with van der Waals surface area (Å²) in [6.07, 6.45) is -0.942. The number of carbonyl (C=O) groups is 1. The van der Waals surface area contributed by atoms with Gasteiger partial charge in [-0.3, -0.25) is 4.90 Å². The number of carbonyl (C=O) groups excluding carboxylic acids is 1. The van der Waals surface area contributed by atoms with Gasteiger partial charge < -0.3 is 23.9 Å². The lowest BCUT2D eigenvalue weighted by molar-refractivity contribution is -0.275. The van der Waals surface area contributed by atoms with Gasteiger partial charge in [0.1, 0.15) is 16.1 Å². The van der Waals surface area contributed by atoms with Gasteiger partial charge in [-0.1, -0.05) is 0 Å². The number of oxazole rings is 1. The second kappa shape index (κ2) is 8.80. The van der Waals surface area contributed by atoms with Crippen LogP contribution < -0.4 is 9.64 Å². The van der Waals surface area contributed by atoms with Gasteiger partial charge in [0, 0.05) is 30.2 Å². The number of rotatable bonds is 5. The summed E-state index contributed by atoms with van der Waals surface area (Å²) in [5.74, 6) is -0.239. The Hall–Kier alpha value is -2.99. The van der Waals surface area contributed by atoms with Crippen molar-refractivity contribution in [3.05, 3.63) is 23.7 Å². The van der Waals surface area contributed by atoms with Gasteiger partial charge in [-0.15, -0.1) is 11.3 Å². The number of fused-ring (bicyclic) bond motifs is 3. The average molecular weight is 537 g/mol. The molecule has 1 N–H and O–H groups in total. The minimum absolute atomic E-state index is 0.0357. The molecular formula is C25H30F2N4O5S. The van der Waals surface area contributed by atoms with E-state index >= 15 is 0 Å². The Balaban J connectivity index is 1.49. The first kappa shape index (κ1) is 25.7. The molecule has 0 spiro atoms. The number of hydrogen-bond donors (Lipinski definition) is 1. The fourth-order valence-corrected chi connectivity index (χ4v) is 5.32. The largest absolute Gasteiger partial charge is 0.444 e. The first-order valence-corrected chi connectivity index (χ1v) is 13.0. The minimum atomic E-state index is -3.88. The van der Waals surface area contributed by atoms with Crippen molar-refractivity contribution in [3.63, 3.8) is 0 Å². The number of nitrogens with zero attached hydrogens (tertiary/aromatic N) is 4. The first-order chi connectivity index (χ1) is 17.2. The number of thiazole rings is 1. The van der Waals surface area contributed by atoms with Crippen LogP contribution >= 0.6 is 11.3 Å². The van der Waals surface area contributed by atoms with Gasteiger partial charge in [0.2, 0.25) is 0 Å². The van der Waals surface area contributed by atoms with Crippen LogP contribution in [-0.4, -0.2) is 68.6 Å². The van der Waals surface area contributed by atoms with E-state index in [1.165, 1.54) is 17.4 Å². The summed E-state index contributed by atoms with van der Waals surface area (Å²) >= 11 is 1.38. The maximum absolute atomic E-state index is 14.6. The number of ether oxygens (including phenoxy) is 2. The highest BCUT2D eigenvalue weighted by atomic mass is 32.1. The molecule has 200 valence electrons. The Morgan fingerprint density at radius 1 is 1.16 bits per heavy atom. The summed E-state index contributed by atoms with van der Waals surface area (Å²) in [6, 6.07) is 3.05. The third-order valence-corrected chi connectivity index (χ3v) is 7.27. The van der Waals surface area contributed by atoms with Crippen molar-refractivity contribution in [1.82, 2.24) is 14.9 Å². The molecule has 0 saturated carbocycles. The highest BCUT2D eigenvalue weighted by Gasteiger charge is 2.49. The van der Waals surface area contributed by atoms with Crippen molar-refractivity contribution >= 4 is 34.5 Å². The summed E-state index contributed by atoms with van der Waals surface area (Å²) < 4.78 is 45.9. The topological polar surface area (TPSA) is 101 Å². The predicted molar refractivity (Wildman–Crippen MR) is 134 cm³/mol. The Bertz CT molecular complexity index is 1280. The highest BCUT2D eigenvalue weighted by molar-refractivity contribution is 7.13. The van der Waals surface area contributed by atoms with Crippen molar-refractivity contribution in [2.45, 2.75) is 76.9 Å². The van der Waals surface area contributed by atoms with E-state index < -0.39 is 17.3 Å². The van der Waals surface area contributed by atoms with Crippen LogP contribution in [0.25, 0.3) is 21.7 Å². The Morgan fingerprint density at radius 3 is 2.41 bits per heavy atom. The summed E-state index contributed by atoms with van der Waals surface area (Å²) in [4.78, 5) is 25.5.